The first-order valence-corrected chi connectivity index (χ1v) is 11.5. The van der Waals surface area contributed by atoms with E-state index in [4.69, 9.17) is 0 Å². The van der Waals surface area contributed by atoms with E-state index in [9.17, 15) is 4.79 Å². The molecule has 2 N–H and O–H groups in total. The molecular formula is C28H29N5O. The molecule has 6 nitrogen and oxygen atoms in total. The first-order valence-electron chi connectivity index (χ1n) is 11.5. The number of rotatable bonds is 10. The van der Waals surface area contributed by atoms with Crippen LogP contribution in [0, 0.1) is 0 Å². The number of carbonyl (C=O) groups is 1. The molecule has 1 aromatic heterocycles. The monoisotopic (exact) mass is 451 g/mol. The van der Waals surface area contributed by atoms with Crippen molar-refractivity contribution in [1.82, 2.24) is 20.2 Å². The van der Waals surface area contributed by atoms with Crippen LogP contribution in [0.1, 0.15) is 22.8 Å². The molecule has 0 radical (unpaired) electrons. The standard InChI is InChI=1S/C28H29N5O/c1-2-33(20-22-10-5-3-6-11-22)17-16-29-28(34)24-14-9-15-25(18-24)32-27-19-26(30-21-31-27)23-12-7-4-8-13-23/h3-15,18-19,21H,2,16-17,20H2,1H3,(H,29,34)(H,30,31,32). The number of carbonyl (C=O) groups excluding carboxylic acids is 1. The molecule has 0 aliphatic carbocycles. The van der Waals surface area contributed by atoms with Gasteiger partial charge in [0.05, 0.1) is 5.69 Å². The summed E-state index contributed by atoms with van der Waals surface area (Å²) in [6.45, 7) is 5.31. The summed E-state index contributed by atoms with van der Waals surface area (Å²) < 4.78 is 0. The van der Waals surface area contributed by atoms with Crippen molar-refractivity contribution in [3.05, 3.63) is 108 Å². The lowest BCUT2D eigenvalue weighted by Gasteiger charge is -2.20. The third kappa shape index (κ3) is 6.49. The van der Waals surface area contributed by atoms with Gasteiger partial charge >= 0.3 is 0 Å². The van der Waals surface area contributed by atoms with Crippen LogP contribution in [0.25, 0.3) is 11.3 Å². The third-order valence-corrected chi connectivity index (χ3v) is 5.54. The van der Waals surface area contributed by atoms with E-state index in [0.29, 0.717) is 17.9 Å². The lowest BCUT2D eigenvalue weighted by molar-refractivity contribution is 0.0948. The van der Waals surface area contributed by atoms with Crippen molar-refractivity contribution in [1.29, 1.82) is 0 Å². The van der Waals surface area contributed by atoms with Crippen LogP contribution in [0.15, 0.2) is 97.3 Å². The van der Waals surface area contributed by atoms with Gasteiger partial charge in [-0.2, -0.15) is 0 Å². The number of nitrogens with one attached hydrogen (secondary N) is 2. The van der Waals surface area contributed by atoms with Crippen molar-refractivity contribution in [2.24, 2.45) is 0 Å². The van der Waals surface area contributed by atoms with Gasteiger partial charge in [0.1, 0.15) is 12.1 Å². The molecule has 0 bridgehead atoms. The first kappa shape index (κ1) is 23.1. The minimum absolute atomic E-state index is 0.0907. The Balaban J connectivity index is 1.33. The highest BCUT2D eigenvalue weighted by Gasteiger charge is 2.09. The van der Waals surface area contributed by atoms with Gasteiger partial charge in [-0.15, -0.1) is 0 Å². The summed E-state index contributed by atoms with van der Waals surface area (Å²) in [5.41, 5.74) is 4.53. The van der Waals surface area contributed by atoms with Crippen molar-refractivity contribution >= 4 is 17.4 Å². The molecule has 0 aliphatic rings. The second-order valence-electron chi connectivity index (χ2n) is 7.97. The molecule has 1 heterocycles. The van der Waals surface area contributed by atoms with Gasteiger partial charge in [0.15, 0.2) is 0 Å². The summed E-state index contributed by atoms with van der Waals surface area (Å²) in [5.74, 6) is 0.581. The van der Waals surface area contributed by atoms with E-state index >= 15 is 0 Å². The predicted octanol–water partition coefficient (Wildman–Crippen LogP) is 5.14. The van der Waals surface area contributed by atoms with Gasteiger partial charge in [-0.1, -0.05) is 73.7 Å². The van der Waals surface area contributed by atoms with E-state index in [1.54, 1.807) is 0 Å². The summed E-state index contributed by atoms with van der Waals surface area (Å²) in [7, 11) is 0. The summed E-state index contributed by atoms with van der Waals surface area (Å²) in [4.78, 5) is 23.7. The van der Waals surface area contributed by atoms with Crippen LogP contribution >= 0.6 is 0 Å². The quantitative estimate of drug-likeness (QED) is 0.349. The van der Waals surface area contributed by atoms with Gasteiger partial charge in [-0.3, -0.25) is 9.69 Å². The maximum atomic E-state index is 12.7. The van der Waals surface area contributed by atoms with E-state index in [-0.39, 0.29) is 5.91 Å². The van der Waals surface area contributed by atoms with Crippen LogP contribution in [0.5, 0.6) is 0 Å². The fourth-order valence-corrected chi connectivity index (χ4v) is 3.70. The number of benzene rings is 3. The normalized spacial score (nSPS) is 10.8. The highest BCUT2D eigenvalue weighted by Crippen LogP contribution is 2.21. The number of aromatic nitrogens is 2. The first-order chi connectivity index (χ1) is 16.7. The van der Waals surface area contributed by atoms with Crippen molar-refractivity contribution < 1.29 is 4.79 Å². The molecule has 172 valence electrons. The Hall–Kier alpha value is -4.03. The van der Waals surface area contributed by atoms with Crippen molar-refractivity contribution in [2.75, 3.05) is 25.0 Å². The number of amides is 1. The van der Waals surface area contributed by atoms with Crippen LogP contribution in [0.3, 0.4) is 0 Å². The summed E-state index contributed by atoms with van der Waals surface area (Å²) in [6, 6.07) is 29.7. The minimum Gasteiger partial charge on any atom is -0.351 e. The molecule has 0 aliphatic heterocycles. The Morgan fingerprint density at radius 2 is 1.65 bits per heavy atom. The van der Waals surface area contributed by atoms with Crippen LogP contribution in [-0.2, 0) is 6.54 Å². The van der Waals surface area contributed by atoms with Gasteiger partial charge < -0.3 is 10.6 Å². The predicted molar refractivity (Wildman–Crippen MR) is 137 cm³/mol. The second-order valence-corrected chi connectivity index (χ2v) is 7.97. The number of hydrogen-bond acceptors (Lipinski definition) is 5. The van der Waals surface area contributed by atoms with Crippen LogP contribution < -0.4 is 10.6 Å². The van der Waals surface area contributed by atoms with Crippen molar-refractivity contribution in [2.45, 2.75) is 13.5 Å². The van der Waals surface area contributed by atoms with Gasteiger partial charge in [-0.05, 0) is 30.3 Å². The molecule has 1 amide bonds. The number of hydrogen-bond donors (Lipinski definition) is 2. The molecular weight excluding hydrogens is 422 g/mol. The molecule has 0 saturated heterocycles. The highest BCUT2D eigenvalue weighted by atomic mass is 16.1. The number of nitrogens with zero attached hydrogens (tertiary/aromatic N) is 3. The zero-order chi connectivity index (χ0) is 23.6. The average molecular weight is 452 g/mol. The highest BCUT2D eigenvalue weighted by molar-refractivity contribution is 5.95. The van der Waals surface area contributed by atoms with Gasteiger partial charge in [0.25, 0.3) is 5.91 Å². The molecule has 0 unspecified atom stereocenters. The Labute approximate surface area is 200 Å². The molecule has 3 aromatic carbocycles. The Morgan fingerprint density at radius 1 is 0.882 bits per heavy atom. The molecule has 6 heteroatoms. The molecule has 0 atom stereocenters. The van der Waals surface area contributed by atoms with E-state index in [0.717, 1.165) is 36.6 Å². The fourth-order valence-electron chi connectivity index (χ4n) is 3.70. The number of likely N-dealkylation sites (N-methyl/N-ethyl adjacent to an activating group) is 1. The Kier molecular flexibility index (Phi) is 7.98. The van der Waals surface area contributed by atoms with Crippen molar-refractivity contribution in [3.8, 4) is 11.3 Å². The maximum Gasteiger partial charge on any atom is 0.251 e. The molecule has 0 spiro atoms. The Bertz CT molecular complexity index is 1200. The van der Waals surface area contributed by atoms with Crippen LogP contribution in [0.4, 0.5) is 11.5 Å². The SMILES string of the molecule is CCN(CCNC(=O)c1cccc(Nc2cc(-c3ccccc3)ncn2)c1)Cc1ccccc1. The second kappa shape index (κ2) is 11.7. The maximum absolute atomic E-state index is 12.7. The zero-order valence-electron chi connectivity index (χ0n) is 19.3. The smallest absolute Gasteiger partial charge is 0.251 e. The topological polar surface area (TPSA) is 70.2 Å². The molecule has 4 rings (SSSR count). The van der Waals surface area contributed by atoms with E-state index in [1.165, 1.54) is 11.9 Å². The van der Waals surface area contributed by atoms with E-state index < -0.39 is 0 Å². The van der Waals surface area contributed by atoms with E-state index in [1.807, 2.05) is 66.7 Å². The lowest BCUT2D eigenvalue weighted by atomic mass is 10.1. The largest absolute Gasteiger partial charge is 0.351 e. The molecule has 4 aromatic rings. The molecule has 0 fully saturated rings. The lowest BCUT2D eigenvalue weighted by Crippen LogP contribution is -2.34. The fraction of sp³-hybridized carbons (Fsp3) is 0.179. The summed E-state index contributed by atoms with van der Waals surface area (Å²) in [6.07, 6.45) is 1.54. The summed E-state index contributed by atoms with van der Waals surface area (Å²) >= 11 is 0. The van der Waals surface area contributed by atoms with Gasteiger partial charge in [0.2, 0.25) is 0 Å². The van der Waals surface area contributed by atoms with Gasteiger partial charge in [-0.25, -0.2) is 9.97 Å². The Morgan fingerprint density at radius 3 is 2.41 bits per heavy atom. The van der Waals surface area contributed by atoms with E-state index in [2.05, 4.69) is 56.7 Å². The van der Waals surface area contributed by atoms with Crippen LogP contribution in [-0.4, -0.2) is 40.4 Å². The van der Waals surface area contributed by atoms with Crippen molar-refractivity contribution in [3.63, 3.8) is 0 Å². The minimum atomic E-state index is -0.0907. The van der Waals surface area contributed by atoms with Gasteiger partial charge in [0, 0.05) is 42.5 Å². The van der Waals surface area contributed by atoms with Crippen LogP contribution in [0.2, 0.25) is 0 Å². The third-order valence-electron chi connectivity index (χ3n) is 5.54. The average Bonchev–Trinajstić information content (AvgIpc) is 2.89. The molecule has 34 heavy (non-hydrogen) atoms. The summed E-state index contributed by atoms with van der Waals surface area (Å²) in [5, 5.41) is 6.32. The number of anilines is 2. The zero-order valence-corrected chi connectivity index (χ0v) is 19.3. The molecule has 0 saturated carbocycles.